The number of nitrogen functional groups attached to an aromatic ring is 1. The lowest BCUT2D eigenvalue weighted by atomic mass is 10.2. The van der Waals surface area contributed by atoms with Gasteiger partial charge >= 0.3 is 0 Å². The molecule has 0 aliphatic heterocycles. The van der Waals surface area contributed by atoms with Crippen LogP contribution < -0.4 is 10.5 Å². The summed E-state index contributed by atoms with van der Waals surface area (Å²) in [6.07, 6.45) is 1.77. The van der Waals surface area contributed by atoms with Crippen LogP contribution in [0.5, 0.6) is 5.75 Å². The summed E-state index contributed by atoms with van der Waals surface area (Å²) in [5.74, 6) is 1.61. The van der Waals surface area contributed by atoms with Gasteiger partial charge in [-0.15, -0.1) is 11.8 Å². The van der Waals surface area contributed by atoms with Crippen LogP contribution in [-0.2, 0) is 0 Å². The van der Waals surface area contributed by atoms with E-state index in [-0.39, 0.29) is 0 Å². The molecule has 4 nitrogen and oxygen atoms in total. The van der Waals surface area contributed by atoms with Crippen LogP contribution >= 0.6 is 23.1 Å². The van der Waals surface area contributed by atoms with E-state index in [0.29, 0.717) is 17.3 Å². The van der Waals surface area contributed by atoms with Crippen LogP contribution in [0.25, 0.3) is 0 Å². The van der Waals surface area contributed by atoms with Crippen molar-refractivity contribution in [2.75, 3.05) is 18.1 Å². The molecule has 0 amide bonds. The zero-order valence-electron chi connectivity index (χ0n) is 9.50. The summed E-state index contributed by atoms with van der Waals surface area (Å²) in [6, 6.07) is 9.15. The molecular weight excluding hydrogens is 266 g/mol. The molecule has 0 atom stereocenters. The van der Waals surface area contributed by atoms with E-state index in [1.807, 2.05) is 0 Å². The number of nitriles is 1. The highest BCUT2D eigenvalue weighted by Gasteiger charge is 2.00. The number of benzene rings is 1. The maximum absolute atomic E-state index is 8.66. The highest BCUT2D eigenvalue weighted by molar-refractivity contribution is 8.01. The average molecular weight is 277 g/mol. The Hall–Kier alpha value is -1.71. The normalized spacial score (nSPS) is 9.94. The van der Waals surface area contributed by atoms with Crippen LogP contribution in [0.2, 0.25) is 0 Å². The fraction of sp³-hybridized carbons (Fsp3) is 0.167. The Kier molecular flexibility index (Phi) is 4.45. The molecule has 0 fully saturated rings. The SMILES string of the molecule is N#Cc1ccc(OCCSc2cnc(N)s2)cc1. The highest BCUT2D eigenvalue weighted by atomic mass is 32.2. The van der Waals surface area contributed by atoms with E-state index in [4.69, 9.17) is 15.7 Å². The summed E-state index contributed by atoms with van der Waals surface area (Å²) in [4.78, 5) is 3.98. The number of nitrogens with two attached hydrogens (primary N) is 1. The molecule has 1 heterocycles. The van der Waals surface area contributed by atoms with Crippen molar-refractivity contribution in [2.24, 2.45) is 0 Å². The molecule has 0 radical (unpaired) electrons. The Balaban J connectivity index is 1.73. The van der Waals surface area contributed by atoms with Crippen molar-refractivity contribution in [3.63, 3.8) is 0 Å². The summed E-state index contributed by atoms with van der Waals surface area (Å²) in [5.41, 5.74) is 6.17. The number of ether oxygens (including phenoxy) is 1. The number of nitrogens with zero attached hydrogens (tertiary/aromatic N) is 2. The van der Waals surface area contributed by atoms with E-state index >= 15 is 0 Å². The van der Waals surface area contributed by atoms with E-state index < -0.39 is 0 Å². The maximum atomic E-state index is 8.66. The van der Waals surface area contributed by atoms with E-state index in [2.05, 4.69) is 11.1 Å². The van der Waals surface area contributed by atoms with Gasteiger partial charge in [-0.1, -0.05) is 11.3 Å². The molecule has 18 heavy (non-hydrogen) atoms. The van der Waals surface area contributed by atoms with Gasteiger partial charge < -0.3 is 10.5 Å². The molecule has 0 saturated heterocycles. The van der Waals surface area contributed by atoms with Gasteiger partial charge in [-0.2, -0.15) is 5.26 Å². The first-order valence-corrected chi connectivity index (χ1v) is 7.05. The molecule has 1 aromatic heterocycles. The van der Waals surface area contributed by atoms with Crippen LogP contribution in [-0.4, -0.2) is 17.3 Å². The summed E-state index contributed by atoms with van der Waals surface area (Å²) in [7, 11) is 0. The van der Waals surface area contributed by atoms with Gasteiger partial charge in [0.25, 0.3) is 0 Å². The van der Waals surface area contributed by atoms with Gasteiger partial charge in [-0.25, -0.2) is 4.98 Å². The van der Waals surface area contributed by atoms with Crippen molar-refractivity contribution in [2.45, 2.75) is 4.21 Å². The lowest BCUT2D eigenvalue weighted by Crippen LogP contribution is -1.99. The Morgan fingerprint density at radius 3 is 2.78 bits per heavy atom. The van der Waals surface area contributed by atoms with Crippen LogP contribution in [0.3, 0.4) is 0 Å². The van der Waals surface area contributed by atoms with Gasteiger partial charge in [0.15, 0.2) is 5.13 Å². The van der Waals surface area contributed by atoms with E-state index in [1.54, 1.807) is 42.2 Å². The zero-order chi connectivity index (χ0) is 12.8. The quantitative estimate of drug-likeness (QED) is 0.672. The van der Waals surface area contributed by atoms with Crippen molar-refractivity contribution < 1.29 is 4.74 Å². The minimum Gasteiger partial charge on any atom is -0.493 e. The fourth-order valence-corrected chi connectivity index (χ4v) is 2.92. The Bertz CT molecular complexity index is 545. The van der Waals surface area contributed by atoms with Crippen LogP contribution in [0.15, 0.2) is 34.7 Å². The molecule has 1 aromatic carbocycles. The molecule has 92 valence electrons. The molecule has 0 bridgehead atoms. The van der Waals surface area contributed by atoms with Crippen molar-refractivity contribution in [1.82, 2.24) is 4.98 Å². The minimum atomic E-state index is 0.588. The van der Waals surface area contributed by atoms with E-state index in [1.165, 1.54) is 11.3 Å². The van der Waals surface area contributed by atoms with Crippen LogP contribution in [0, 0.1) is 11.3 Å². The standard InChI is InChI=1S/C12H11N3OS2/c13-7-9-1-3-10(4-2-9)16-5-6-17-11-8-15-12(14)18-11/h1-4,8H,5-6H2,(H2,14,15). The second-order valence-corrected chi connectivity index (χ2v) is 5.81. The van der Waals surface area contributed by atoms with Gasteiger partial charge in [0.05, 0.1) is 28.6 Å². The molecule has 2 aromatic rings. The third-order valence-corrected chi connectivity index (χ3v) is 4.07. The Labute approximate surface area is 113 Å². The summed E-state index contributed by atoms with van der Waals surface area (Å²) >= 11 is 3.14. The molecule has 0 unspecified atom stereocenters. The van der Waals surface area contributed by atoms with Crippen molar-refractivity contribution >= 4 is 28.2 Å². The summed E-state index contributed by atoms with van der Waals surface area (Å²) in [5, 5.41) is 9.25. The maximum Gasteiger partial charge on any atom is 0.181 e. The first kappa shape index (κ1) is 12.7. The second kappa shape index (κ2) is 6.28. The van der Waals surface area contributed by atoms with Gasteiger partial charge in [0.1, 0.15) is 5.75 Å². The molecule has 2 rings (SSSR count). The van der Waals surface area contributed by atoms with Gasteiger partial charge in [0.2, 0.25) is 0 Å². The molecule has 6 heteroatoms. The minimum absolute atomic E-state index is 0.588. The van der Waals surface area contributed by atoms with Crippen molar-refractivity contribution in [3.8, 4) is 11.8 Å². The molecular formula is C12H11N3OS2. The lowest BCUT2D eigenvalue weighted by Gasteiger charge is -2.04. The lowest BCUT2D eigenvalue weighted by molar-refractivity contribution is 0.344. The summed E-state index contributed by atoms with van der Waals surface area (Å²) in [6.45, 7) is 0.606. The second-order valence-electron chi connectivity index (χ2n) is 3.35. The first-order valence-electron chi connectivity index (χ1n) is 5.25. The Morgan fingerprint density at radius 1 is 1.39 bits per heavy atom. The van der Waals surface area contributed by atoms with E-state index in [9.17, 15) is 0 Å². The van der Waals surface area contributed by atoms with Crippen molar-refractivity contribution in [1.29, 1.82) is 5.26 Å². The third kappa shape index (κ3) is 3.65. The number of anilines is 1. The molecule has 0 aliphatic rings. The topological polar surface area (TPSA) is 71.9 Å². The number of rotatable bonds is 5. The highest BCUT2D eigenvalue weighted by Crippen LogP contribution is 2.26. The van der Waals surface area contributed by atoms with Gasteiger partial charge in [-0.3, -0.25) is 0 Å². The molecule has 0 aliphatic carbocycles. The predicted molar refractivity (Wildman–Crippen MR) is 73.9 cm³/mol. The average Bonchev–Trinajstić information content (AvgIpc) is 2.81. The van der Waals surface area contributed by atoms with Gasteiger partial charge in [-0.05, 0) is 24.3 Å². The Morgan fingerprint density at radius 2 is 2.17 bits per heavy atom. The van der Waals surface area contributed by atoms with Gasteiger partial charge in [0, 0.05) is 5.75 Å². The van der Waals surface area contributed by atoms with Crippen LogP contribution in [0.4, 0.5) is 5.13 Å². The smallest absolute Gasteiger partial charge is 0.181 e. The number of thiazole rings is 1. The number of hydrogen-bond acceptors (Lipinski definition) is 6. The predicted octanol–water partition coefficient (Wildman–Crippen LogP) is 2.77. The number of thioether (sulfide) groups is 1. The number of aromatic nitrogens is 1. The zero-order valence-corrected chi connectivity index (χ0v) is 11.1. The van der Waals surface area contributed by atoms with Crippen molar-refractivity contribution in [3.05, 3.63) is 36.0 Å². The summed E-state index contributed by atoms with van der Waals surface area (Å²) < 4.78 is 6.65. The fourth-order valence-electron chi connectivity index (χ4n) is 1.27. The number of hydrogen-bond donors (Lipinski definition) is 1. The van der Waals surface area contributed by atoms with E-state index in [0.717, 1.165) is 15.7 Å². The first-order chi connectivity index (χ1) is 8.78. The molecule has 0 spiro atoms. The van der Waals surface area contributed by atoms with Crippen LogP contribution in [0.1, 0.15) is 5.56 Å². The largest absolute Gasteiger partial charge is 0.493 e. The molecule has 2 N–H and O–H groups in total. The monoisotopic (exact) mass is 277 g/mol. The molecule has 0 saturated carbocycles. The third-order valence-electron chi connectivity index (χ3n) is 2.08.